The third kappa shape index (κ3) is 4.08. The van der Waals surface area contributed by atoms with E-state index in [4.69, 9.17) is 17.3 Å². The molecule has 20 heavy (non-hydrogen) atoms. The Morgan fingerprint density at radius 3 is 2.95 bits per heavy atom. The second-order valence-electron chi connectivity index (χ2n) is 5.39. The van der Waals surface area contributed by atoms with Crippen LogP contribution >= 0.6 is 11.6 Å². The summed E-state index contributed by atoms with van der Waals surface area (Å²) in [5.41, 5.74) is 6.38. The molecule has 2 heterocycles. The molecule has 0 bridgehead atoms. The van der Waals surface area contributed by atoms with Gasteiger partial charge < -0.3 is 16.0 Å². The first-order chi connectivity index (χ1) is 9.56. The summed E-state index contributed by atoms with van der Waals surface area (Å²) in [4.78, 5) is 18.3. The van der Waals surface area contributed by atoms with Crippen LogP contribution in [0.2, 0.25) is 5.15 Å². The van der Waals surface area contributed by atoms with Crippen molar-refractivity contribution in [3.8, 4) is 0 Å². The van der Waals surface area contributed by atoms with Crippen molar-refractivity contribution >= 4 is 23.2 Å². The Labute approximate surface area is 124 Å². The second-order valence-corrected chi connectivity index (χ2v) is 5.75. The molecule has 0 aromatic carbocycles. The summed E-state index contributed by atoms with van der Waals surface area (Å²) >= 11 is 5.90. The number of anilines is 1. The average molecular weight is 297 g/mol. The summed E-state index contributed by atoms with van der Waals surface area (Å²) < 4.78 is 0. The molecule has 1 aliphatic rings. The van der Waals surface area contributed by atoms with E-state index in [-0.39, 0.29) is 11.1 Å². The van der Waals surface area contributed by atoms with Crippen molar-refractivity contribution in [2.75, 3.05) is 31.9 Å². The molecule has 0 radical (unpaired) electrons. The number of nitrogen functional groups attached to an aromatic ring is 1. The van der Waals surface area contributed by atoms with Gasteiger partial charge in [-0.2, -0.15) is 0 Å². The van der Waals surface area contributed by atoms with Crippen LogP contribution in [-0.2, 0) is 0 Å². The van der Waals surface area contributed by atoms with Gasteiger partial charge in [0.2, 0.25) is 0 Å². The van der Waals surface area contributed by atoms with E-state index in [1.165, 1.54) is 19.0 Å². The zero-order valence-electron chi connectivity index (χ0n) is 11.7. The predicted molar refractivity (Wildman–Crippen MR) is 80.8 cm³/mol. The molecule has 1 aliphatic heterocycles. The third-order valence-electron chi connectivity index (χ3n) is 3.69. The first-order valence-electron chi connectivity index (χ1n) is 6.98. The number of carbonyl (C=O) groups is 1. The van der Waals surface area contributed by atoms with Crippen molar-refractivity contribution < 1.29 is 4.79 Å². The average Bonchev–Trinajstić information content (AvgIpc) is 2.43. The Bertz CT molecular complexity index is 472. The zero-order valence-corrected chi connectivity index (χ0v) is 12.5. The molecule has 0 saturated carbocycles. The lowest BCUT2D eigenvalue weighted by Crippen LogP contribution is -2.39. The van der Waals surface area contributed by atoms with Crippen molar-refractivity contribution in [3.05, 3.63) is 23.0 Å². The molecule has 6 heteroatoms. The van der Waals surface area contributed by atoms with Crippen molar-refractivity contribution in [2.45, 2.75) is 19.8 Å². The molecule has 2 rings (SSSR count). The quantitative estimate of drug-likeness (QED) is 0.831. The fourth-order valence-corrected chi connectivity index (χ4v) is 2.52. The summed E-state index contributed by atoms with van der Waals surface area (Å²) in [5.74, 6) is 0.596. The number of rotatable bonds is 4. The Morgan fingerprint density at radius 1 is 1.55 bits per heavy atom. The second kappa shape index (κ2) is 6.90. The molecule has 1 fully saturated rings. The first-order valence-corrected chi connectivity index (χ1v) is 7.35. The van der Waals surface area contributed by atoms with E-state index < -0.39 is 0 Å². The minimum absolute atomic E-state index is 0.184. The van der Waals surface area contributed by atoms with Gasteiger partial charge in [0.1, 0.15) is 5.15 Å². The van der Waals surface area contributed by atoms with Crippen LogP contribution < -0.4 is 11.1 Å². The van der Waals surface area contributed by atoms with Crippen LogP contribution in [0.25, 0.3) is 0 Å². The normalized spacial score (nSPS) is 17.1. The zero-order chi connectivity index (χ0) is 14.5. The van der Waals surface area contributed by atoms with E-state index >= 15 is 0 Å². The van der Waals surface area contributed by atoms with Crippen LogP contribution in [-0.4, -0.2) is 42.0 Å². The Balaban J connectivity index is 1.79. The van der Waals surface area contributed by atoms with Crippen LogP contribution in [0.15, 0.2) is 12.3 Å². The van der Waals surface area contributed by atoms with Gasteiger partial charge in [-0.3, -0.25) is 4.79 Å². The summed E-state index contributed by atoms with van der Waals surface area (Å²) in [6.07, 6.45) is 3.91. The fraction of sp³-hybridized carbons (Fsp3) is 0.571. The number of hydrogen-bond acceptors (Lipinski definition) is 4. The maximum absolute atomic E-state index is 12.0. The summed E-state index contributed by atoms with van der Waals surface area (Å²) in [5, 5.41) is 3.05. The number of amides is 1. The van der Waals surface area contributed by atoms with Crippen LogP contribution in [0.1, 0.15) is 30.1 Å². The molecule has 1 amide bonds. The van der Waals surface area contributed by atoms with Crippen molar-refractivity contribution in [1.29, 1.82) is 0 Å². The summed E-state index contributed by atoms with van der Waals surface area (Å²) in [6, 6.07) is 1.55. The van der Waals surface area contributed by atoms with Crippen LogP contribution in [0, 0.1) is 5.92 Å². The number of aromatic nitrogens is 1. The Kier molecular flexibility index (Phi) is 5.20. The number of likely N-dealkylation sites (tertiary alicyclic amines) is 1. The van der Waals surface area contributed by atoms with Gasteiger partial charge in [0.25, 0.3) is 5.91 Å². The van der Waals surface area contributed by atoms with Crippen molar-refractivity contribution in [3.63, 3.8) is 0 Å². The lowest BCUT2D eigenvalue weighted by Gasteiger charge is -2.30. The molecule has 3 N–H and O–H groups in total. The Hall–Kier alpha value is -1.33. The van der Waals surface area contributed by atoms with Gasteiger partial charge in [0, 0.05) is 13.1 Å². The fourth-order valence-electron chi connectivity index (χ4n) is 2.33. The highest BCUT2D eigenvalue weighted by molar-refractivity contribution is 6.32. The maximum Gasteiger partial charge on any atom is 0.254 e. The molecule has 0 spiro atoms. The van der Waals surface area contributed by atoms with Gasteiger partial charge in [-0.15, -0.1) is 0 Å². The molecule has 5 nitrogen and oxygen atoms in total. The minimum atomic E-state index is -0.222. The van der Waals surface area contributed by atoms with E-state index in [0.29, 0.717) is 17.8 Å². The highest BCUT2D eigenvalue weighted by Crippen LogP contribution is 2.16. The highest BCUT2D eigenvalue weighted by Gasteiger charge is 2.16. The standard InChI is InChI=1S/C14H21ClN4O/c1-10-2-5-19(6-3-10)7-4-17-14(20)12-8-11(16)9-18-13(12)15/h8-10H,2-7,16H2,1H3,(H,17,20). The number of piperidine rings is 1. The molecule has 0 atom stereocenters. The molecule has 1 saturated heterocycles. The maximum atomic E-state index is 12.0. The van der Waals surface area contributed by atoms with Crippen molar-refractivity contribution in [2.24, 2.45) is 5.92 Å². The van der Waals surface area contributed by atoms with Crippen LogP contribution in [0.5, 0.6) is 0 Å². The monoisotopic (exact) mass is 296 g/mol. The van der Waals surface area contributed by atoms with Crippen molar-refractivity contribution in [1.82, 2.24) is 15.2 Å². The SMILES string of the molecule is CC1CCN(CCNC(=O)c2cc(N)cnc2Cl)CC1. The lowest BCUT2D eigenvalue weighted by molar-refractivity contribution is 0.0944. The van der Waals surface area contributed by atoms with Crippen LogP contribution in [0.4, 0.5) is 5.69 Å². The molecule has 1 aromatic heterocycles. The summed E-state index contributed by atoms with van der Waals surface area (Å²) in [6.45, 7) is 5.98. The van der Waals surface area contributed by atoms with E-state index in [2.05, 4.69) is 22.1 Å². The predicted octanol–water partition coefficient (Wildman–Crippen LogP) is 1.78. The summed E-state index contributed by atoms with van der Waals surface area (Å²) in [7, 11) is 0. The Morgan fingerprint density at radius 2 is 2.25 bits per heavy atom. The number of halogens is 1. The number of nitrogens with one attached hydrogen (secondary N) is 1. The van der Waals surface area contributed by atoms with Gasteiger partial charge in [-0.1, -0.05) is 18.5 Å². The smallest absolute Gasteiger partial charge is 0.254 e. The third-order valence-corrected chi connectivity index (χ3v) is 4.00. The number of pyridine rings is 1. The number of nitrogens with two attached hydrogens (primary N) is 1. The molecular formula is C14H21ClN4O. The molecule has 0 aliphatic carbocycles. The molecular weight excluding hydrogens is 276 g/mol. The van der Waals surface area contributed by atoms with Gasteiger partial charge in [0.15, 0.2) is 0 Å². The highest BCUT2D eigenvalue weighted by atomic mass is 35.5. The van der Waals surface area contributed by atoms with E-state index in [0.717, 1.165) is 25.6 Å². The topological polar surface area (TPSA) is 71.2 Å². The molecule has 0 unspecified atom stereocenters. The van der Waals surface area contributed by atoms with Gasteiger partial charge in [0.05, 0.1) is 17.4 Å². The van der Waals surface area contributed by atoms with Gasteiger partial charge in [-0.05, 0) is 37.9 Å². The van der Waals surface area contributed by atoms with Crippen LogP contribution in [0.3, 0.4) is 0 Å². The number of hydrogen-bond donors (Lipinski definition) is 2. The molecule has 1 aromatic rings. The van der Waals surface area contributed by atoms with Gasteiger partial charge in [-0.25, -0.2) is 4.98 Å². The van der Waals surface area contributed by atoms with E-state index in [9.17, 15) is 4.79 Å². The van der Waals surface area contributed by atoms with Gasteiger partial charge >= 0.3 is 0 Å². The number of nitrogens with zero attached hydrogens (tertiary/aromatic N) is 2. The number of carbonyl (C=O) groups excluding carboxylic acids is 1. The minimum Gasteiger partial charge on any atom is -0.397 e. The first kappa shape index (κ1) is 15.1. The van der Waals surface area contributed by atoms with E-state index in [1.807, 2.05) is 0 Å². The lowest BCUT2D eigenvalue weighted by atomic mass is 9.99. The largest absolute Gasteiger partial charge is 0.397 e. The van der Waals surface area contributed by atoms with E-state index in [1.54, 1.807) is 6.07 Å². The molecule has 110 valence electrons.